The van der Waals surface area contributed by atoms with Crippen LogP contribution in [0.15, 0.2) is 29.0 Å². The van der Waals surface area contributed by atoms with Crippen molar-refractivity contribution in [2.45, 2.75) is 32.2 Å². The Morgan fingerprint density at radius 3 is 3.00 bits per heavy atom. The van der Waals surface area contributed by atoms with Gasteiger partial charge in [0.25, 0.3) is 0 Å². The SMILES string of the molecule is Nc1cccc(Cn2cnc3c2CCCC3)c1Br. The number of hydrogen-bond donors (Lipinski definition) is 1. The van der Waals surface area contributed by atoms with Crippen LogP contribution in [0, 0.1) is 0 Å². The smallest absolute Gasteiger partial charge is 0.0954 e. The highest BCUT2D eigenvalue weighted by atomic mass is 79.9. The maximum absolute atomic E-state index is 5.92. The van der Waals surface area contributed by atoms with Crippen molar-refractivity contribution in [1.29, 1.82) is 0 Å². The van der Waals surface area contributed by atoms with Crippen LogP contribution in [-0.2, 0) is 19.4 Å². The zero-order chi connectivity index (χ0) is 12.5. The van der Waals surface area contributed by atoms with Crippen molar-refractivity contribution in [2.24, 2.45) is 0 Å². The Hall–Kier alpha value is -1.29. The Morgan fingerprint density at radius 1 is 1.28 bits per heavy atom. The quantitative estimate of drug-likeness (QED) is 0.866. The Kier molecular flexibility index (Phi) is 3.12. The fraction of sp³-hybridized carbons (Fsp3) is 0.357. The first-order valence-corrected chi connectivity index (χ1v) is 7.11. The van der Waals surface area contributed by atoms with Crippen molar-refractivity contribution in [3.05, 3.63) is 46.0 Å². The molecule has 3 rings (SSSR count). The second kappa shape index (κ2) is 4.76. The van der Waals surface area contributed by atoms with Gasteiger partial charge < -0.3 is 10.3 Å². The summed E-state index contributed by atoms with van der Waals surface area (Å²) < 4.78 is 3.26. The minimum Gasteiger partial charge on any atom is -0.398 e. The molecule has 0 bridgehead atoms. The summed E-state index contributed by atoms with van der Waals surface area (Å²) in [7, 11) is 0. The molecule has 2 aromatic rings. The lowest BCUT2D eigenvalue weighted by Gasteiger charge is -2.15. The number of aromatic nitrogens is 2. The van der Waals surface area contributed by atoms with Gasteiger partial charge in [-0.15, -0.1) is 0 Å². The van der Waals surface area contributed by atoms with Gasteiger partial charge in [0.2, 0.25) is 0 Å². The van der Waals surface area contributed by atoms with Crippen LogP contribution < -0.4 is 5.73 Å². The summed E-state index contributed by atoms with van der Waals surface area (Å²) in [6.45, 7) is 0.841. The highest BCUT2D eigenvalue weighted by Gasteiger charge is 2.15. The van der Waals surface area contributed by atoms with Crippen molar-refractivity contribution in [2.75, 3.05) is 5.73 Å². The van der Waals surface area contributed by atoms with E-state index >= 15 is 0 Å². The van der Waals surface area contributed by atoms with Crippen molar-refractivity contribution in [1.82, 2.24) is 9.55 Å². The predicted octanol–water partition coefficient (Wildman–Crippen LogP) is 3.15. The molecule has 0 radical (unpaired) electrons. The van der Waals surface area contributed by atoms with Crippen LogP contribution in [0.1, 0.15) is 29.8 Å². The maximum atomic E-state index is 5.92. The number of nitrogen functional groups attached to an aromatic ring is 1. The van der Waals surface area contributed by atoms with Gasteiger partial charge in [-0.25, -0.2) is 4.98 Å². The molecule has 0 spiro atoms. The number of fused-ring (bicyclic) bond motifs is 1. The Bertz CT molecular complexity index is 574. The summed E-state index contributed by atoms with van der Waals surface area (Å²) in [6, 6.07) is 6.02. The molecule has 4 heteroatoms. The molecule has 1 aliphatic rings. The number of anilines is 1. The van der Waals surface area contributed by atoms with E-state index in [1.54, 1.807) is 0 Å². The number of nitrogens with zero attached hydrogens (tertiary/aromatic N) is 2. The topological polar surface area (TPSA) is 43.8 Å². The molecular weight excluding hydrogens is 290 g/mol. The lowest BCUT2D eigenvalue weighted by Crippen LogP contribution is -2.09. The van der Waals surface area contributed by atoms with Gasteiger partial charge in [0.15, 0.2) is 0 Å². The summed E-state index contributed by atoms with van der Waals surface area (Å²) >= 11 is 3.56. The first kappa shape index (κ1) is 11.8. The third-order valence-electron chi connectivity index (χ3n) is 3.56. The molecule has 1 aromatic carbocycles. The minimum atomic E-state index is 0.793. The first-order valence-electron chi connectivity index (χ1n) is 6.31. The zero-order valence-corrected chi connectivity index (χ0v) is 11.8. The molecule has 1 heterocycles. The van der Waals surface area contributed by atoms with Crippen LogP contribution in [0.2, 0.25) is 0 Å². The van der Waals surface area contributed by atoms with Crippen LogP contribution in [0.3, 0.4) is 0 Å². The minimum absolute atomic E-state index is 0.793. The largest absolute Gasteiger partial charge is 0.398 e. The van der Waals surface area contributed by atoms with Gasteiger partial charge in [-0.1, -0.05) is 12.1 Å². The van der Waals surface area contributed by atoms with E-state index in [0.717, 1.165) is 29.5 Å². The summed E-state index contributed by atoms with van der Waals surface area (Å²) in [5.41, 5.74) is 10.6. The lowest BCUT2D eigenvalue weighted by molar-refractivity contribution is 0.628. The summed E-state index contributed by atoms with van der Waals surface area (Å²) in [6.07, 6.45) is 6.78. The molecular formula is C14H16BrN3. The third kappa shape index (κ3) is 2.05. The number of halogens is 1. The van der Waals surface area contributed by atoms with E-state index in [2.05, 4.69) is 31.5 Å². The molecule has 94 valence electrons. The average molecular weight is 306 g/mol. The Balaban J connectivity index is 1.93. The monoisotopic (exact) mass is 305 g/mol. The van der Waals surface area contributed by atoms with E-state index in [-0.39, 0.29) is 0 Å². The summed E-state index contributed by atoms with van der Waals surface area (Å²) in [5.74, 6) is 0. The second-order valence-electron chi connectivity index (χ2n) is 4.79. The van der Waals surface area contributed by atoms with E-state index in [1.165, 1.54) is 29.8 Å². The fourth-order valence-electron chi connectivity index (χ4n) is 2.57. The Morgan fingerprint density at radius 2 is 2.11 bits per heavy atom. The molecule has 0 amide bonds. The normalized spacial score (nSPS) is 14.5. The van der Waals surface area contributed by atoms with Gasteiger partial charge in [-0.05, 0) is 53.2 Å². The van der Waals surface area contributed by atoms with Crippen LogP contribution in [-0.4, -0.2) is 9.55 Å². The predicted molar refractivity (Wildman–Crippen MR) is 76.5 cm³/mol. The van der Waals surface area contributed by atoms with E-state index in [1.807, 2.05) is 18.5 Å². The molecule has 1 aromatic heterocycles. The van der Waals surface area contributed by atoms with Gasteiger partial charge in [-0.3, -0.25) is 0 Å². The van der Waals surface area contributed by atoms with Crippen molar-refractivity contribution < 1.29 is 0 Å². The highest BCUT2D eigenvalue weighted by molar-refractivity contribution is 9.10. The van der Waals surface area contributed by atoms with Gasteiger partial charge in [0.1, 0.15) is 0 Å². The average Bonchev–Trinajstić information content (AvgIpc) is 2.79. The van der Waals surface area contributed by atoms with E-state index < -0.39 is 0 Å². The van der Waals surface area contributed by atoms with E-state index in [4.69, 9.17) is 5.73 Å². The molecule has 3 nitrogen and oxygen atoms in total. The molecule has 2 N–H and O–H groups in total. The molecule has 0 unspecified atom stereocenters. The molecule has 0 atom stereocenters. The standard InChI is InChI=1S/C14H16BrN3/c15-14-10(4-3-5-11(14)16)8-18-9-17-12-6-1-2-7-13(12)18/h3-5,9H,1-2,6-8,16H2. The number of benzene rings is 1. The molecule has 18 heavy (non-hydrogen) atoms. The van der Waals surface area contributed by atoms with Gasteiger partial charge in [-0.2, -0.15) is 0 Å². The Labute approximate surface area is 115 Å². The van der Waals surface area contributed by atoms with E-state index in [0.29, 0.717) is 0 Å². The molecule has 0 aliphatic heterocycles. The lowest BCUT2D eigenvalue weighted by atomic mass is 10.0. The second-order valence-corrected chi connectivity index (χ2v) is 5.59. The van der Waals surface area contributed by atoms with Crippen LogP contribution >= 0.6 is 15.9 Å². The van der Waals surface area contributed by atoms with Crippen LogP contribution in [0.4, 0.5) is 5.69 Å². The maximum Gasteiger partial charge on any atom is 0.0954 e. The third-order valence-corrected chi connectivity index (χ3v) is 4.53. The van der Waals surface area contributed by atoms with Crippen LogP contribution in [0.5, 0.6) is 0 Å². The molecule has 0 saturated heterocycles. The zero-order valence-electron chi connectivity index (χ0n) is 10.2. The van der Waals surface area contributed by atoms with Crippen LogP contribution in [0.25, 0.3) is 0 Å². The van der Waals surface area contributed by atoms with Gasteiger partial charge in [0, 0.05) is 22.4 Å². The number of nitrogens with two attached hydrogens (primary N) is 1. The molecule has 0 saturated carbocycles. The summed E-state index contributed by atoms with van der Waals surface area (Å²) in [4.78, 5) is 4.52. The van der Waals surface area contributed by atoms with E-state index in [9.17, 15) is 0 Å². The van der Waals surface area contributed by atoms with Gasteiger partial charge >= 0.3 is 0 Å². The fourth-order valence-corrected chi connectivity index (χ4v) is 2.96. The molecule has 0 fully saturated rings. The molecule has 1 aliphatic carbocycles. The number of imidazole rings is 1. The number of hydrogen-bond acceptors (Lipinski definition) is 2. The van der Waals surface area contributed by atoms with Crippen molar-refractivity contribution in [3.63, 3.8) is 0 Å². The number of aryl methyl sites for hydroxylation is 1. The number of rotatable bonds is 2. The van der Waals surface area contributed by atoms with Gasteiger partial charge in [0.05, 0.1) is 12.0 Å². The highest BCUT2D eigenvalue weighted by Crippen LogP contribution is 2.26. The first-order chi connectivity index (χ1) is 8.75. The summed E-state index contributed by atoms with van der Waals surface area (Å²) in [5, 5.41) is 0. The van der Waals surface area contributed by atoms with Crippen molar-refractivity contribution in [3.8, 4) is 0 Å². The van der Waals surface area contributed by atoms with Crippen molar-refractivity contribution >= 4 is 21.6 Å².